The Morgan fingerprint density at radius 1 is 0.613 bits per heavy atom. The van der Waals surface area contributed by atoms with Crippen LogP contribution in [0.1, 0.15) is 25.6 Å². The van der Waals surface area contributed by atoms with E-state index >= 15 is 0 Å². The van der Waals surface area contributed by atoms with Gasteiger partial charge in [0.05, 0.1) is 58.6 Å². The first-order valence-electron chi connectivity index (χ1n) is 21.6. The van der Waals surface area contributed by atoms with Crippen LogP contribution in [0.3, 0.4) is 0 Å². The average Bonchev–Trinajstić information content (AvgIpc) is 4.23. The second-order valence-electron chi connectivity index (χ2n) is 17.7. The predicted molar refractivity (Wildman–Crippen MR) is 241 cm³/mol. The molecule has 0 spiro atoms. The summed E-state index contributed by atoms with van der Waals surface area (Å²) in [7, 11) is -16.7. The molecule has 408 valence electrons. The van der Waals surface area contributed by atoms with Crippen molar-refractivity contribution in [3.63, 3.8) is 0 Å². The van der Waals surface area contributed by atoms with Crippen LogP contribution >= 0.6 is 23.5 Å². The number of rotatable bonds is 12. The minimum absolute atomic E-state index is 0.00682. The van der Waals surface area contributed by atoms with Crippen molar-refractivity contribution in [3.8, 4) is 0 Å². The predicted octanol–water partition coefficient (Wildman–Crippen LogP) is -5.21. The number of H-pyrrole nitrogens is 3. The largest absolute Gasteiger partial charge is 0.490 e. The Bertz CT molecular complexity index is 3420. The van der Waals surface area contributed by atoms with E-state index in [1.807, 2.05) is 6.92 Å². The summed E-state index contributed by atoms with van der Waals surface area (Å²) in [5, 5.41) is 39.8. The number of hydrogen-bond acceptors (Lipinski definition) is 28. The summed E-state index contributed by atoms with van der Waals surface area (Å²) < 4.78 is 84.5. The van der Waals surface area contributed by atoms with Gasteiger partial charge in [-0.3, -0.25) is 47.6 Å². The van der Waals surface area contributed by atoms with Crippen LogP contribution in [0.15, 0.2) is 33.4 Å². The fourth-order valence-corrected chi connectivity index (χ4v) is 12.5. The van der Waals surface area contributed by atoms with Crippen molar-refractivity contribution in [2.75, 3.05) is 56.8 Å². The highest BCUT2D eigenvalue weighted by Crippen LogP contribution is 2.66. The molecule has 0 aliphatic carbocycles. The molecule has 6 aliphatic rings. The monoisotopic (exact) mass is 1120 g/mol. The van der Waals surface area contributed by atoms with Gasteiger partial charge in [-0.1, -0.05) is 6.92 Å². The van der Waals surface area contributed by atoms with Gasteiger partial charge in [0, 0.05) is 5.92 Å². The Kier molecular flexibility index (Phi) is 13.1. The van der Waals surface area contributed by atoms with E-state index in [1.165, 1.54) is 28.1 Å². The van der Waals surface area contributed by atoms with E-state index in [2.05, 4.69) is 58.0 Å². The Morgan fingerprint density at radius 3 is 1.40 bits per heavy atom. The SMILES string of the molecule is CC1[C@@H]2OC[C@]1(CO)O[C@H]2n1cnc2c(=O)[nH]c(N)nc21.Nc1nc2c(ncn2[C@@H]2O[C@@]3(CO)CO[C@H]2C3O)c(=O)[nH]1.Nc1nc2c(ncn2[C@@H]2O[C@@]3(COP(=O)(O)OP(=O)(O)OP(=O)(O)O)CO[C@H]2C3O)c(=O)[nH]1. The fraction of sp³-hybridized carbons (Fsp3) is 0.559. The molecule has 14 atom stereocenters. The highest BCUT2D eigenvalue weighted by atomic mass is 31.3. The molecule has 5 unspecified atom stereocenters. The summed E-state index contributed by atoms with van der Waals surface area (Å²) in [4.78, 5) is 103. The van der Waals surface area contributed by atoms with Gasteiger partial charge in [0.25, 0.3) is 16.7 Å². The maximum absolute atomic E-state index is 12.0. The molecule has 6 saturated heterocycles. The van der Waals surface area contributed by atoms with Crippen LogP contribution in [0.4, 0.5) is 17.8 Å². The van der Waals surface area contributed by atoms with E-state index in [9.17, 15) is 58.3 Å². The van der Waals surface area contributed by atoms with Crippen LogP contribution in [0.25, 0.3) is 33.5 Å². The number of aliphatic hydroxyl groups excluding tert-OH is 4. The van der Waals surface area contributed by atoms with Gasteiger partial charge in [-0.05, 0) is 0 Å². The van der Waals surface area contributed by atoms with Crippen molar-refractivity contribution in [1.82, 2.24) is 58.6 Å². The van der Waals surface area contributed by atoms with Gasteiger partial charge in [-0.2, -0.15) is 23.6 Å². The van der Waals surface area contributed by atoms with Gasteiger partial charge >= 0.3 is 23.5 Å². The number of aromatic nitrogens is 12. The number of aliphatic hydroxyl groups is 4. The Hall–Kier alpha value is -5.54. The number of anilines is 3. The summed E-state index contributed by atoms with van der Waals surface area (Å²) in [6.07, 6.45) is -2.74. The molecule has 0 radical (unpaired) electrons. The number of nitrogens with zero attached hydrogens (tertiary/aromatic N) is 9. The molecule has 38 nitrogen and oxygen atoms in total. The van der Waals surface area contributed by atoms with E-state index in [0.717, 1.165) is 0 Å². The summed E-state index contributed by atoms with van der Waals surface area (Å²) in [5.74, 6) is -0.218. The molecule has 6 aromatic heterocycles. The standard InChI is InChI=1S/C12H15N5O4.C11H16N5O14P3.C11H13N5O5/c1-5-7-10(21-12(5,2-18)3-20-7)17-4-14-6-8(17)15-11(13)16-9(6)19;12-10-14-7-4(8(18)15-10)13-3-16(7)9-5-6(17)11(28-9,1-26-5)2-27-32(22,23)30-33(24,25)29-31(19,20)21;12-10-14-7-4(8(19)15-10)13-3-16(7)9-5-6(18)11(1-17,21-9)2-20-5/h4-5,7,10,18H,2-3H2,1H3,(H3,13,15,16,19);3,5-6,9,17H,1-2H2,(H,22,23)(H,24,25)(H2,19,20,21)(H3,12,14,15,18);3,5-6,9,17-18H,1-2H2,(H3,12,14,15,19)/t5?,7-,10+,12-;5-,6?,9+,11+;5-,6?,9+,11-/m000/s1. The minimum Gasteiger partial charge on any atom is -0.393 e. The summed E-state index contributed by atoms with van der Waals surface area (Å²) >= 11 is 0. The van der Waals surface area contributed by atoms with Crippen LogP contribution in [-0.2, 0) is 55.3 Å². The van der Waals surface area contributed by atoms with Crippen LogP contribution in [0, 0.1) is 5.92 Å². The van der Waals surface area contributed by atoms with Crippen LogP contribution in [0.2, 0.25) is 0 Å². The zero-order valence-electron chi connectivity index (χ0n) is 38.0. The average molecular weight is 1120 g/mol. The number of phosphoric acid groups is 3. The van der Waals surface area contributed by atoms with E-state index in [0.29, 0.717) is 12.3 Å². The molecule has 0 amide bonds. The lowest BCUT2D eigenvalue weighted by Crippen LogP contribution is -2.44. The zero-order chi connectivity index (χ0) is 53.9. The number of nitrogens with one attached hydrogen (secondary N) is 3. The van der Waals surface area contributed by atoms with E-state index in [1.54, 1.807) is 4.57 Å². The topological polar surface area (TPSA) is 565 Å². The molecule has 41 heteroatoms. The molecule has 75 heavy (non-hydrogen) atoms. The molecule has 0 saturated carbocycles. The molecule has 17 N–H and O–H groups in total. The Morgan fingerprint density at radius 2 is 0.987 bits per heavy atom. The second-order valence-corrected chi connectivity index (χ2v) is 22.2. The number of aromatic amines is 3. The smallest absolute Gasteiger partial charge is 0.393 e. The molecular weight excluding hydrogens is 1080 g/mol. The quantitative estimate of drug-likeness (QED) is 0.0509. The normalized spacial score (nSPS) is 33.2. The number of fused-ring (bicyclic) bond motifs is 9. The first-order valence-corrected chi connectivity index (χ1v) is 26.2. The van der Waals surface area contributed by atoms with Crippen molar-refractivity contribution in [3.05, 3.63) is 50.0 Å². The van der Waals surface area contributed by atoms with Gasteiger partial charge in [0.1, 0.15) is 47.3 Å². The molecule has 6 aliphatic heterocycles. The third kappa shape index (κ3) is 9.18. The molecule has 6 fully saturated rings. The highest BCUT2D eigenvalue weighted by molar-refractivity contribution is 7.66. The van der Waals surface area contributed by atoms with Crippen LogP contribution in [0.5, 0.6) is 0 Å². The zero-order valence-corrected chi connectivity index (χ0v) is 40.7. The minimum atomic E-state index is -5.72. The van der Waals surface area contributed by atoms with E-state index in [4.69, 9.17) is 55.4 Å². The van der Waals surface area contributed by atoms with E-state index in [-0.39, 0.29) is 84.1 Å². The number of phosphoric ester groups is 1. The number of imidazole rings is 3. The van der Waals surface area contributed by atoms with Crippen molar-refractivity contribution in [1.29, 1.82) is 0 Å². The number of ether oxygens (including phenoxy) is 6. The number of hydrogen-bond donors (Lipinski definition) is 14. The summed E-state index contributed by atoms with van der Waals surface area (Å²) in [6, 6.07) is 0. The van der Waals surface area contributed by atoms with Gasteiger partial charge in [-0.25, -0.2) is 28.6 Å². The first-order chi connectivity index (χ1) is 35.2. The van der Waals surface area contributed by atoms with Gasteiger partial charge < -0.3 is 85.6 Å². The van der Waals surface area contributed by atoms with Gasteiger partial charge in [-0.15, -0.1) is 0 Å². The Balaban J connectivity index is 0.000000133. The third-order valence-electron chi connectivity index (χ3n) is 13.1. The third-order valence-corrected chi connectivity index (χ3v) is 16.9. The van der Waals surface area contributed by atoms with Gasteiger partial charge in [0.2, 0.25) is 17.8 Å². The lowest BCUT2D eigenvalue weighted by molar-refractivity contribution is -0.185. The molecule has 6 bridgehead atoms. The second kappa shape index (κ2) is 18.6. The molecular formula is C34H44N15O23P3. The van der Waals surface area contributed by atoms with Gasteiger partial charge in [0.15, 0.2) is 52.2 Å². The molecule has 12 heterocycles. The molecule has 6 aromatic rings. The van der Waals surface area contributed by atoms with Crippen LogP contribution in [-0.4, -0.2) is 186 Å². The first kappa shape index (κ1) is 52.9. The molecule has 12 rings (SSSR count). The molecule has 0 aromatic carbocycles. The van der Waals surface area contributed by atoms with Crippen LogP contribution < -0.4 is 33.9 Å². The number of nitrogens with two attached hydrogens (primary N) is 3. The highest BCUT2D eigenvalue weighted by Gasteiger charge is 2.64. The van der Waals surface area contributed by atoms with Crippen molar-refractivity contribution >= 4 is 74.8 Å². The lowest BCUT2D eigenvalue weighted by Gasteiger charge is -2.31. The number of nitrogen functional groups attached to an aromatic ring is 3. The lowest BCUT2D eigenvalue weighted by atomic mass is 9.91. The summed E-state index contributed by atoms with van der Waals surface area (Å²) in [6.45, 7) is 0.653. The van der Waals surface area contributed by atoms with Crippen molar-refractivity contribution in [2.45, 2.75) is 72.9 Å². The van der Waals surface area contributed by atoms with E-state index < -0.39 is 107 Å². The van der Waals surface area contributed by atoms with Crippen molar-refractivity contribution in [2.24, 2.45) is 5.92 Å². The maximum atomic E-state index is 12.0. The summed E-state index contributed by atoms with van der Waals surface area (Å²) in [5.41, 5.74) is 12.3. The maximum Gasteiger partial charge on any atom is 0.490 e. The Labute approximate surface area is 413 Å². The van der Waals surface area contributed by atoms with Crippen molar-refractivity contribution < 1.29 is 95.3 Å². The fourth-order valence-electron chi connectivity index (χ4n) is 9.41.